The zero-order chi connectivity index (χ0) is 22.2. The van der Waals surface area contributed by atoms with E-state index in [0.29, 0.717) is 6.61 Å². The Morgan fingerprint density at radius 2 is 1.94 bits per heavy atom. The zero-order valence-corrected chi connectivity index (χ0v) is 18.7. The molecule has 6 atom stereocenters. The average molecular weight is 454 g/mol. The lowest BCUT2D eigenvalue weighted by molar-refractivity contribution is -0.344. The summed E-state index contributed by atoms with van der Waals surface area (Å²) in [6.07, 6.45) is -0.943. The van der Waals surface area contributed by atoms with E-state index >= 15 is 0 Å². The molecule has 8 nitrogen and oxygen atoms in total. The van der Waals surface area contributed by atoms with Crippen molar-refractivity contribution in [2.45, 2.75) is 70.0 Å². The number of thioether (sulfide) groups is 1. The van der Waals surface area contributed by atoms with Crippen LogP contribution in [0.1, 0.15) is 45.0 Å². The normalized spacial score (nSPS) is 30.4. The molecule has 0 radical (unpaired) electrons. The van der Waals surface area contributed by atoms with Crippen molar-refractivity contribution in [2.75, 3.05) is 19.0 Å². The van der Waals surface area contributed by atoms with E-state index in [1.165, 1.54) is 18.7 Å². The summed E-state index contributed by atoms with van der Waals surface area (Å²) < 4.78 is 23.7. The van der Waals surface area contributed by atoms with E-state index in [-0.39, 0.29) is 17.6 Å². The molecule has 0 spiro atoms. The Morgan fingerprint density at radius 1 is 1.16 bits per heavy atom. The van der Waals surface area contributed by atoms with E-state index < -0.39 is 36.9 Å². The summed E-state index contributed by atoms with van der Waals surface area (Å²) in [6, 6.07) is 8.74. The van der Waals surface area contributed by atoms with Gasteiger partial charge in [-0.25, -0.2) is 0 Å². The van der Waals surface area contributed by atoms with Crippen LogP contribution in [0.3, 0.4) is 0 Å². The predicted molar refractivity (Wildman–Crippen MR) is 115 cm³/mol. The monoisotopic (exact) mass is 453 g/mol. The number of carbonyl (C=O) groups is 2. The van der Waals surface area contributed by atoms with Crippen molar-refractivity contribution in [2.24, 2.45) is 0 Å². The van der Waals surface area contributed by atoms with E-state index in [0.717, 1.165) is 30.6 Å². The van der Waals surface area contributed by atoms with Gasteiger partial charge in [0.2, 0.25) is 5.91 Å². The summed E-state index contributed by atoms with van der Waals surface area (Å²) >= 11 is 1.32. The summed E-state index contributed by atoms with van der Waals surface area (Å²) in [6.45, 7) is 3.62. The molecule has 3 rings (SSSR count). The fourth-order valence-corrected chi connectivity index (χ4v) is 4.33. The van der Waals surface area contributed by atoms with Crippen LogP contribution < -0.4 is 5.32 Å². The molecule has 2 heterocycles. The molecular weight excluding hydrogens is 422 g/mol. The molecule has 1 aromatic carbocycles. The molecule has 3 unspecified atom stereocenters. The average Bonchev–Trinajstić information content (AvgIpc) is 2.75. The third-order valence-corrected chi connectivity index (χ3v) is 6.08. The number of hydrogen-bond acceptors (Lipinski definition) is 8. The number of ether oxygens (including phenoxy) is 4. The standard InChI is InChI=1S/C22H31NO7S/c1-14(24)23-18-19(26)20-17(13-28-21(30-20)16-9-5-3-6-10-16)29-22(18)27-11-7-4-8-12-31-15(2)25/h3,5-6,9-10,17-22,26H,4,7-8,11-13H2,1-2H3,(H,23,24)/t17?,18-,19?,20-,21?,22+/m0/s1. The number of hydrogen-bond donors (Lipinski definition) is 2. The van der Waals surface area contributed by atoms with Gasteiger partial charge in [-0.15, -0.1) is 0 Å². The highest BCUT2D eigenvalue weighted by atomic mass is 32.2. The minimum absolute atomic E-state index is 0.125. The molecule has 2 N–H and O–H groups in total. The van der Waals surface area contributed by atoms with Crippen molar-refractivity contribution >= 4 is 22.8 Å². The van der Waals surface area contributed by atoms with Crippen molar-refractivity contribution in [1.82, 2.24) is 5.32 Å². The van der Waals surface area contributed by atoms with Crippen LogP contribution in [0, 0.1) is 0 Å². The number of aliphatic hydroxyl groups excluding tert-OH is 1. The van der Waals surface area contributed by atoms with Crippen molar-refractivity contribution in [3.05, 3.63) is 35.9 Å². The second-order valence-corrected chi connectivity index (χ2v) is 8.98. The molecule has 0 aromatic heterocycles. The highest BCUT2D eigenvalue weighted by Gasteiger charge is 2.50. The lowest BCUT2D eigenvalue weighted by Crippen LogP contribution is -2.66. The molecule has 2 saturated heterocycles. The first-order chi connectivity index (χ1) is 15.0. The van der Waals surface area contributed by atoms with Crippen LogP contribution in [0.5, 0.6) is 0 Å². The molecule has 0 saturated carbocycles. The third kappa shape index (κ3) is 7.00. The first kappa shape index (κ1) is 24.2. The van der Waals surface area contributed by atoms with Gasteiger partial charge in [0.25, 0.3) is 0 Å². The zero-order valence-electron chi connectivity index (χ0n) is 17.9. The van der Waals surface area contributed by atoms with Gasteiger partial charge in [0.1, 0.15) is 24.4 Å². The SMILES string of the molecule is CC(=O)N[C@H]1C(O)[C@H]2OC(c3ccccc3)OCC2O[C@H]1OCCCCCSC(C)=O. The largest absolute Gasteiger partial charge is 0.388 e. The number of benzene rings is 1. The quantitative estimate of drug-likeness (QED) is 0.549. The van der Waals surface area contributed by atoms with Gasteiger partial charge in [0, 0.05) is 31.8 Å². The van der Waals surface area contributed by atoms with Crippen molar-refractivity contribution in [3.63, 3.8) is 0 Å². The van der Waals surface area contributed by atoms with E-state index in [1.807, 2.05) is 30.3 Å². The van der Waals surface area contributed by atoms with E-state index in [9.17, 15) is 14.7 Å². The molecule has 2 aliphatic rings. The predicted octanol–water partition coefficient (Wildman–Crippen LogP) is 2.16. The molecule has 172 valence electrons. The minimum atomic E-state index is -1.00. The van der Waals surface area contributed by atoms with Crippen LogP contribution in [-0.2, 0) is 28.5 Å². The minimum Gasteiger partial charge on any atom is -0.388 e. The van der Waals surface area contributed by atoms with Gasteiger partial charge < -0.3 is 29.4 Å². The van der Waals surface area contributed by atoms with Crippen LogP contribution in [0.2, 0.25) is 0 Å². The smallest absolute Gasteiger partial charge is 0.217 e. The number of amides is 1. The molecule has 2 aliphatic heterocycles. The summed E-state index contributed by atoms with van der Waals surface area (Å²) in [4.78, 5) is 22.7. The molecule has 1 aromatic rings. The van der Waals surface area contributed by atoms with Gasteiger partial charge in [-0.2, -0.15) is 0 Å². The third-order valence-electron chi connectivity index (χ3n) is 5.18. The second-order valence-electron chi connectivity index (χ2n) is 7.71. The second kappa shape index (κ2) is 11.9. The number of rotatable bonds is 9. The van der Waals surface area contributed by atoms with Crippen molar-refractivity contribution in [3.8, 4) is 0 Å². The van der Waals surface area contributed by atoms with Crippen LogP contribution in [-0.4, -0.2) is 65.7 Å². The summed E-state index contributed by atoms with van der Waals surface area (Å²) in [5.74, 6) is 0.511. The van der Waals surface area contributed by atoms with Crippen molar-refractivity contribution < 1.29 is 33.6 Å². The highest BCUT2D eigenvalue weighted by Crippen LogP contribution is 2.34. The van der Waals surface area contributed by atoms with Gasteiger partial charge >= 0.3 is 0 Å². The summed E-state index contributed by atoms with van der Waals surface area (Å²) in [7, 11) is 0. The maximum Gasteiger partial charge on any atom is 0.217 e. The molecule has 0 aliphatic carbocycles. The molecule has 31 heavy (non-hydrogen) atoms. The molecular formula is C22H31NO7S. The number of aliphatic hydroxyl groups is 1. The van der Waals surface area contributed by atoms with E-state index in [2.05, 4.69) is 5.32 Å². The van der Waals surface area contributed by atoms with Gasteiger partial charge in [-0.1, -0.05) is 48.5 Å². The van der Waals surface area contributed by atoms with E-state index in [4.69, 9.17) is 18.9 Å². The summed E-state index contributed by atoms with van der Waals surface area (Å²) in [5.41, 5.74) is 0.852. The first-order valence-electron chi connectivity index (χ1n) is 10.6. The lowest BCUT2D eigenvalue weighted by atomic mass is 9.95. The van der Waals surface area contributed by atoms with Crippen LogP contribution in [0.4, 0.5) is 0 Å². The molecule has 9 heteroatoms. The highest BCUT2D eigenvalue weighted by molar-refractivity contribution is 8.13. The Labute approximate surface area is 187 Å². The lowest BCUT2D eigenvalue weighted by Gasteiger charge is -2.47. The van der Waals surface area contributed by atoms with E-state index in [1.54, 1.807) is 6.92 Å². The Hall–Kier alpha value is -1.49. The summed E-state index contributed by atoms with van der Waals surface area (Å²) in [5, 5.41) is 13.9. The van der Waals surface area contributed by atoms with Crippen LogP contribution in [0.25, 0.3) is 0 Å². The van der Waals surface area contributed by atoms with Gasteiger partial charge in [0.15, 0.2) is 17.7 Å². The number of unbranched alkanes of at least 4 members (excludes halogenated alkanes) is 2. The van der Waals surface area contributed by atoms with Gasteiger partial charge in [-0.3, -0.25) is 9.59 Å². The maximum atomic E-state index is 11.7. The Kier molecular flexibility index (Phi) is 9.30. The Balaban J connectivity index is 1.55. The number of carbonyl (C=O) groups excluding carboxylic acids is 2. The molecule has 2 fully saturated rings. The number of fused-ring (bicyclic) bond motifs is 1. The fourth-order valence-electron chi connectivity index (χ4n) is 3.70. The van der Waals surface area contributed by atoms with Crippen LogP contribution >= 0.6 is 11.8 Å². The Morgan fingerprint density at radius 3 is 2.65 bits per heavy atom. The maximum absolute atomic E-state index is 11.7. The van der Waals surface area contributed by atoms with Gasteiger partial charge in [-0.05, 0) is 12.8 Å². The topological polar surface area (TPSA) is 103 Å². The Bertz CT molecular complexity index is 719. The van der Waals surface area contributed by atoms with Crippen LogP contribution in [0.15, 0.2) is 30.3 Å². The van der Waals surface area contributed by atoms with Gasteiger partial charge in [0.05, 0.1) is 6.61 Å². The molecule has 0 bridgehead atoms. The fraction of sp³-hybridized carbons (Fsp3) is 0.636. The van der Waals surface area contributed by atoms with Crippen molar-refractivity contribution in [1.29, 1.82) is 0 Å². The molecule has 1 amide bonds. The first-order valence-corrected chi connectivity index (χ1v) is 11.6. The number of nitrogens with one attached hydrogen (secondary N) is 1.